The van der Waals surface area contributed by atoms with Gasteiger partial charge in [-0.1, -0.05) is 112 Å². The number of hydrogen-bond donors (Lipinski definition) is 4. The molecule has 238 valence electrons. The maximum Gasteiger partial charge on any atom is 0.305 e. The zero-order valence-corrected chi connectivity index (χ0v) is 26.8. The average molecular weight is 626 g/mol. The van der Waals surface area contributed by atoms with E-state index in [0.717, 1.165) is 33.4 Å². The Labute approximate surface area is 275 Å². The van der Waals surface area contributed by atoms with Crippen LogP contribution in [0.2, 0.25) is 0 Å². The Bertz CT molecular complexity index is 1880. The number of aliphatic carboxylic acids is 1. The minimum absolute atomic E-state index is 0.0638. The second-order valence-corrected chi connectivity index (χ2v) is 12.6. The molecule has 2 amide bonds. The van der Waals surface area contributed by atoms with Crippen LogP contribution in [0.25, 0.3) is 22.3 Å². The molecular formula is C40H39N3O4. The first kappa shape index (κ1) is 32.9. The number of rotatable bonds is 10. The standard InChI is InChI=1S/C40H39N3O4/c1-40(2,3)33-19-16-30(17-20-33)38(46)42-35-21-18-32(31-11-7-8-26(22-31)25-41)23-34(35)39(47)43-36(24-37(44)45)29-14-12-28(13-15-29)27-9-5-4-6-10-27/h4-23,36H,24-25,41H2,1-3H3,(H,42,46)(H,43,47)(H,44,45). The zero-order valence-electron chi connectivity index (χ0n) is 26.8. The van der Waals surface area contributed by atoms with Crippen LogP contribution < -0.4 is 16.4 Å². The van der Waals surface area contributed by atoms with Crippen molar-refractivity contribution in [1.29, 1.82) is 0 Å². The molecule has 0 aliphatic heterocycles. The molecule has 5 rings (SSSR count). The van der Waals surface area contributed by atoms with Crippen LogP contribution in [0.15, 0.2) is 121 Å². The highest BCUT2D eigenvalue weighted by molar-refractivity contribution is 6.09. The fourth-order valence-corrected chi connectivity index (χ4v) is 5.42. The van der Waals surface area contributed by atoms with E-state index in [2.05, 4.69) is 31.4 Å². The Balaban J connectivity index is 1.48. The molecule has 0 fully saturated rings. The molecule has 7 heteroatoms. The second kappa shape index (κ2) is 14.3. The lowest BCUT2D eigenvalue weighted by Crippen LogP contribution is -2.31. The lowest BCUT2D eigenvalue weighted by atomic mass is 9.86. The highest BCUT2D eigenvalue weighted by Gasteiger charge is 2.23. The fourth-order valence-electron chi connectivity index (χ4n) is 5.42. The third kappa shape index (κ3) is 8.20. The normalized spacial score (nSPS) is 11.8. The number of anilines is 1. The molecule has 1 atom stereocenters. The van der Waals surface area contributed by atoms with Crippen molar-refractivity contribution in [1.82, 2.24) is 5.32 Å². The summed E-state index contributed by atoms with van der Waals surface area (Å²) in [6.45, 7) is 6.68. The third-order valence-corrected chi connectivity index (χ3v) is 8.13. The van der Waals surface area contributed by atoms with Gasteiger partial charge in [-0.25, -0.2) is 0 Å². The van der Waals surface area contributed by atoms with Gasteiger partial charge < -0.3 is 21.5 Å². The highest BCUT2D eigenvalue weighted by Crippen LogP contribution is 2.29. The van der Waals surface area contributed by atoms with Gasteiger partial charge in [-0.3, -0.25) is 14.4 Å². The summed E-state index contributed by atoms with van der Waals surface area (Å²) in [7, 11) is 0. The van der Waals surface area contributed by atoms with Gasteiger partial charge in [0.1, 0.15) is 0 Å². The summed E-state index contributed by atoms with van der Waals surface area (Å²) in [6, 6.07) is 36.8. The van der Waals surface area contributed by atoms with Gasteiger partial charge in [-0.2, -0.15) is 0 Å². The molecule has 5 N–H and O–H groups in total. The Morgan fingerprint density at radius 3 is 1.96 bits per heavy atom. The minimum Gasteiger partial charge on any atom is -0.481 e. The molecule has 0 aromatic heterocycles. The van der Waals surface area contributed by atoms with Crippen LogP contribution in [-0.2, 0) is 16.8 Å². The fraction of sp³-hybridized carbons (Fsp3) is 0.175. The van der Waals surface area contributed by atoms with Crippen LogP contribution in [0, 0.1) is 0 Å². The van der Waals surface area contributed by atoms with E-state index in [-0.39, 0.29) is 23.3 Å². The summed E-state index contributed by atoms with van der Waals surface area (Å²) >= 11 is 0. The Morgan fingerprint density at radius 2 is 1.32 bits per heavy atom. The van der Waals surface area contributed by atoms with Crippen LogP contribution in [0.5, 0.6) is 0 Å². The number of carbonyl (C=O) groups excluding carboxylic acids is 2. The van der Waals surface area contributed by atoms with E-state index in [0.29, 0.717) is 23.4 Å². The number of amides is 2. The Hall–Kier alpha value is -5.53. The molecule has 5 aromatic rings. The van der Waals surface area contributed by atoms with Crippen molar-refractivity contribution in [3.8, 4) is 22.3 Å². The van der Waals surface area contributed by atoms with Crippen molar-refractivity contribution >= 4 is 23.5 Å². The van der Waals surface area contributed by atoms with Gasteiger partial charge in [-0.05, 0) is 74.7 Å². The maximum atomic E-state index is 14.0. The molecule has 0 saturated carbocycles. The van der Waals surface area contributed by atoms with Gasteiger partial charge in [0.05, 0.1) is 23.7 Å². The van der Waals surface area contributed by atoms with Crippen molar-refractivity contribution in [2.24, 2.45) is 5.73 Å². The summed E-state index contributed by atoms with van der Waals surface area (Å²) in [6.07, 6.45) is -0.323. The predicted molar refractivity (Wildman–Crippen MR) is 187 cm³/mol. The summed E-state index contributed by atoms with van der Waals surface area (Å²) in [4.78, 5) is 39.3. The number of carboxylic acid groups (broad SMARTS) is 1. The molecular weight excluding hydrogens is 586 g/mol. The lowest BCUT2D eigenvalue weighted by Gasteiger charge is -2.20. The molecule has 0 radical (unpaired) electrons. The van der Waals surface area contributed by atoms with Crippen LogP contribution in [0.4, 0.5) is 5.69 Å². The van der Waals surface area contributed by atoms with Crippen LogP contribution in [-0.4, -0.2) is 22.9 Å². The molecule has 0 heterocycles. The number of carbonyl (C=O) groups is 3. The van der Waals surface area contributed by atoms with Crippen molar-refractivity contribution in [3.63, 3.8) is 0 Å². The van der Waals surface area contributed by atoms with Crippen LogP contribution in [0.3, 0.4) is 0 Å². The Morgan fingerprint density at radius 1 is 0.702 bits per heavy atom. The molecule has 0 aliphatic carbocycles. The first-order valence-corrected chi connectivity index (χ1v) is 15.5. The van der Waals surface area contributed by atoms with Crippen molar-refractivity contribution in [2.45, 2.75) is 45.2 Å². The summed E-state index contributed by atoms with van der Waals surface area (Å²) in [5, 5.41) is 15.6. The first-order valence-electron chi connectivity index (χ1n) is 15.5. The lowest BCUT2D eigenvalue weighted by molar-refractivity contribution is -0.137. The topological polar surface area (TPSA) is 122 Å². The number of nitrogens with two attached hydrogens (primary N) is 1. The van der Waals surface area contributed by atoms with Gasteiger partial charge in [-0.15, -0.1) is 0 Å². The minimum atomic E-state index is -1.05. The van der Waals surface area contributed by atoms with Crippen LogP contribution in [0.1, 0.15) is 70.6 Å². The number of hydrogen-bond acceptors (Lipinski definition) is 4. The van der Waals surface area contributed by atoms with Gasteiger partial charge in [0.25, 0.3) is 11.8 Å². The molecule has 5 aromatic carbocycles. The number of nitrogens with one attached hydrogen (secondary N) is 2. The summed E-state index contributed by atoms with van der Waals surface area (Å²) in [5.74, 6) is -1.93. The van der Waals surface area contributed by atoms with E-state index >= 15 is 0 Å². The zero-order chi connectivity index (χ0) is 33.6. The smallest absolute Gasteiger partial charge is 0.305 e. The number of carboxylic acids is 1. The molecule has 1 unspecified atom stereocenters. The third-order valence-electron chi connectivity index (χ3n) is 8.13. The average Bonchev–Trinajstić information content (AvgIpc) is 3.08. The highest BCUT2D eigenvalue weighted by atomic mass is 16.4. The van der Waals surface area contributed by atoms with E-state index in [9.17, 15) is 19.5 Å². The summed E-state index contributed by atoms with van der Waals surface area (Å²) < 4.78 is 0. The molecule has 0 aliphatic rings. The summed E-state index contributed by atoms with van der Waals surface area (Å²) in [5.41, 5.74) is 13.1. The SMILES string of the molecule is CC(C)(C)c1ccc(C(=O)Nc2ccc(-c3cccc(CN)c3)cc2C(=O)NC(CC(=O)O)c2ccc(-c3ccccc3)cc2)cc1. The molecule has 7 nitrogen and oxygen atoms in total. The molecule has 0 bridgehead atoms. The monoisotopic (exact) mass is 625 g/mol. The van der Waals surface area contributed by atoms with Crippen molar-refractivity contribution in [2.75, 3.05) is 5.32 Å². The van der Waals surface area contributed by atoms with Crippen LogP contribution >= 0.6 is 0 Å². The van der Waals surface area contributed by atoms with E-state index in [1.807, 2.05) is 97.1 Å². The predicted octanol–water partition coefficient (Wildman–Crippen LogP) is 7.97. The first-order chi connectivity index (χ1) is 22.5. The second-order valence-electron chi connectivity index (χ2n) is 12.6. The van der Waals surface area contributed by atoms with E-state index in [4.69, 9.17) is 5.73 Å². The molecule has 0 saturated heterocycles. The van der Waals surface area contributed by atoms with Gasteiger partial charge >= 0.3 is 5.97 Å². The maximum absolute atomic E-state index is 14.0. The van der Waals surface area contributed by atoms with Gasteiger partial charge in [0, 0.05) is 12.1 Å². The van der Waals surface area contributed by atoms with Crippen molar-refractivity contribution in [3.05, 3.63) is 149 Å². The van der Waals surface area contributed by atoms with E-state index in [1.165, 1.54) is 0 Å². The molecule has 47 heavy (non-hydrogen) atoms. The van der Waals surface area contributed by atoms with E-state index in [1.54, 1.807) is 24.3 Å². The quantitative estimate of drug-likeness (QED) is 0.125. The largest absolute Gasteiger partial charge is 0.481 e. The van der Waals surface area contributed by atoms with Gasteiger partial charge in [0.2, 0.25) is 0 Å². The van der Waals surface area contributed by atoms with Crippen molar-refractivity contribution < 1.29 is 19.5 Å². The number of benzene rings is 5. The molecule has 0 spiro atoms. The van der Waals surface area contributed by atoms with Gasteiger partial charge in [0.15, 0.2) is 0 Å². The Kier molecular flexibility index (Phi) is 9.97. The van der Waals surface area contributed by atoms with E-state index < -0.39 is 17.9 Å².